The predicted molar refractivity (Wildman–Crippen MR) is 98.4 cm³/mol. The minimum atomic E-state index is 0.0439. The quantitative estimate of drug-likeness (QED) is 0.543. The number of likely N-dealkylation sites (N-methyl/N-ethyl adjacent to an activating group) is 1. The van der Waals surface area contributed by atoms with Gasteiger partial charge < -0.3 is 9.42 Å². The number of aromatic nitrogens is 1. The van der Waals surface area contributed by atoms with Crippen LogP contribution in [-0.4, -0.2) is 29.1 Å². The van der Waals surface area contributed by atoms with Gasteiger partial charge in [0.1, 0.15) is 5.76 Å². The Morgan fingerprint density at radius 3 is 2.62 bits per heavy atom. The molecule has 24 heavy (non-hydrogen) atoms. The van der Waals surface area contributed by atoms with Gasteiger partial charge in [0, 0.05) is 29.3 Å². The van der Waals surface area contributed by atoms with Crippen molar-refractivity contribution >= 4 is 17.7 Å². The van der Waals surface area contributed by atoms with E-state index in [1.807, 2.05) is 56.9 Å². The second kappa shape index (κ2) is 8.20. The number of rotatable bonds is 7. The zero-order chi connectivity index (χ0) is 17.7. The summed E-state index contributed by atoms with van der Waals surface area (Å²) in [6.07, 6.45) is 0. The Hall–Kier alpha value is -2.01. The predicted octanol–water partition coefficient (Wildman–Crippen LogP) is 4.62. The van der Waals surface area contributed by atoms with Crippen LogP contribution in [0, 0.1) is 13.8 Å². The molecule has 4 nitrogen and oxygen atoms in total. The van der Waals surface area contributed by atoms with Gasteiger partial charge in [-0.3, -0.25) is 4.79 Å². The molecule has 1 heterocycles. The highest BCUT2D eigenvalue weighted by Gasteiger charge is 2.18. The van der Waals surface area contributed by atoms with Crippen LogP contribution in [0.15, 0.2) is 45.8 Å². The number of aryl methyl sites for hydroxylation is 2. The van der Waals surface area contributed by atoms with Gasteiger partial charge in [-0.25, -0.2) is 0 Å². The fourth-order valence-corrected chi connectivity index (χ4v) is 3.65. The highest BCUT2D eigenvalue weighted by Crippen LogP contribution is 2.29. The molecule has 128 valence electrons. The van der Waals surface area contributed by atoms with Crippen molar-refractivity contribution in [2.75, 3.05) is 13.1 Å². The molecule has 0 spiro atoms. The molecule has 0 aliphatic carbocycles. The highest BCUT2D eigenvalue weighted by atomic mass is 32.2. The van der Waals surface area contributed by atoms with Crippen LogP contribution in [0.5, 0.6) is 0 Å². The molecule has 0 fully saturated rings. The van der Waals surface area contributed by atoms with E-state index in [4.69, 9.17) is 4.52 Å². The van der Waals surface area contributed by atoms with Crippen LogP contribution in [0.3, 0.4) is 0 Å². The van der Waals surface area contributed by atoms with E-state index in [2.05, 4.69) is 11.7 Å². The summed E-state index contributed by atoms with van der Waals surface area (Å²) in [4.78, 5) is 15.7. The summed E-state index contributed by atoms with van der Waals surface area (Å²) in [6.45, 7) is 12.9. The largest absolute Gasteiger partial charge is 0.361 e. The fourth-order valence-electron chi connectivity index (χ4n) is 2.45. The fraction of sp³-hybridized carbons (Fsp3) is 0.368. The molecule has 0 radical (unpaired) electrons. The lowest BCUT2D eigenvalue weighted by Crippen LogP contribution is -2.32. The number of thioether (sulfide) groups is 1. The third-order valence-corrected chi connectivity index (χ3v) is 4.90. The molecular weight excluding hydrogens is 320 g/mol. The Morgan fingerprint density at radius 1 is 1.33 bits per heavy atom. The lowest BCUT2D eigenvalue weighted by atomic mass is 10.2. The van der Waals surface area contributed by atoms with Crippen molar-refractivity contribution in [3.05, 3.63) is 59.0 Å². The van der Waals surface area contributed by atoms with Crippen molar-refractivity contribution in [3.8, 4) is 0 Å². The number of hydrogen-bond acceptors (Lipinski definition) is 4. The Morgan fingerprint density at radius 2 is 2.04 bits per heavy atom. The Labute approximate surface area is 147 Å². The highest BCUT2D eigenvalue weighted by molar-refractivity contribution is 7.98. The maximum atomic E-state index is 12.9. The summed E-state index contributed by atoms with van der Waals surface area (Å²) in [6, 6.07) is 7.74. The van der Waals surface area contributed by atoms with Crippen LogP contribution in [0.25, 0.3) is 0 Å². The van der Waals surface area contributed by atoms with Gasteiger partial charge in [0.25, 0.3) is 5.91 Å². The number of amides is 1. The van der Waals surface area contributed by atoms with E-state index in [1.54, 1.807) is 11.8 Å². The first kappa shape index (κ1) is 18.3. The van der Waals surface area contributed by atoms with Gasteiger partial charge in [-0.15, -0.1) is 11.8 Å². The Bertz CT molecular complexity index is 717. The van der Waals surface area contributed by atoms with Crippen molar-refractivity contribution in [2.24, 2.45) is 0 Å². The molecule has 5 heteroatoms. The van der Waals surface area contributed by atoms with Crippen LogP contribution in [-0.2, 0) is 5.75 Å². The zero-order valence-corrected chi connectivity index (χ0v) is 15.6. The summed E-state index contributed by atoms with van der Waals surface area (Å²) in [5.74, 6) is 1.61. The molecular formula is C19H24N2O2S. The van der Waals surface area contributed by atoms with Crippen LogP contribution in [0.4, 0.5) is 0 Å². The lowest BCUT2D eigenvalue weighted by molar-refractivity contribution is 0.0775. The third kappa shape index (κ3) is 4.29. The van der Waals surface area contributed by atoms with E-state index in [9.17, 15) is 4.79 Å². The lowest BCUT2D eigenvalue weighted by Gasteiger charge is -2.22. The monoisotopic (exact) mass is 344 g/mol. The van der Waals surface area contributed by atoms with E-state index in [0.717, 1.165) is 38.8 Å². The van der Waals surface area contributed by atoms with E-state index in [0.29, 0.717) is 13.1 Å². The minimum absolute atomic E-state index is 0.0439. The molecule has 0 atom stereocenters. The standard InChI is InChI=1S/C19H24N2O2S/c1-6-21(11-13(2)3)19(22)16-9-7-8-10-18(16)24-12-17-14(4)20-23-15(17)5/h7-10H,2,6,11-12H2,1,3-5H3. The number of hydrogen-bond donors (Lipinski definition) is 0. The number of benzene rings is 1. The molecule has 1 aromatic heterocycles. The van der Waals surface area contributed by atoms with E-state index in [-0.39, 0.29) is 5.91 Å². The number of carbonyl (C=O) groups excluding carboxylic acids is 1. The molecule has 0 aliphatic rings. The first-order valence-electron chi connectivity index (χ1n) is 8.01. The second-order valence-electron chi connectivity index (χ2n) is 5.86. The molecule has 0 unspecified atom stereocenters. The molecule has 0 saturated heterocycles. The van der Waals surface area contributed by atoms with E-state index >= 15 is 0 Å². The molecule has 2 rings (SSSR count). The van der Waals surface area contributed by atoms with E-state index < -0.39 is 0 Å². The van der Waals surface area contributed by atoms with Gasteiger partial charge in [-0.2, -0.15) is 0 Å². The minimum Gasteiger partial charge on any atom is -0.361 e. The zero-order valence-electron chi connectivity index (χ0n) is 14.8. The van der Waals surface area contributed by atoms with Crippen LogP contribution in [0.2, 0.25) is 0 Å². The van der Waals surface area contributed by atoms with Gasteiger partial charge in [0.05, 0.1) is 11.3 Å². The maximum Gasteiger partial charge on any atom is 0.255 e. The molecule has 0 N–H and O–H groups in total. The van der Waals surface area contributed by atoms with Gasteiger partial charge in [0.15, 0.2) is 0 Å². The van der Waals surface area contributed by atoms with Crippen LogP contribution in [0.1, 0.15) is 41.2 Å². The molecule has 1 aromatic carbocycles. The number of nitrogens with zero attached hydrogens (tertiary/aromatic N) is 2. The van der Waals surface area contributed by atoms with Crippen molar-refractivity contribution < 1.29 is 9.32 Å². The van der Waals surface area contributed by atoms with Crippen molar-refractivity contribution in [3.63, 3.8) is 0 Å². The molecule has 1 amide bonds. The smallest absolute Gasteiger partial charge is 0.255 e. The summed E-state index contributed by atoms with van der Waals surface area (Å²) in [5, 5.41) is 3.99. The van der Waals surface area contributed by atoms with Gasteiger partial charge in [-0.05, 0) is 39.8 Å². The summed E-state index contributed by atoms with van der Waals surface area (Å²) in [7, 11) is 0. The van der Waals surface area contributed by atoms with Crippen molar-refractivity contribution in [2.45, 2.75) is 38.3 Å². The molecule has 2 aromatic rings. The number of carbonyl (C=O) groups is 1. The van der Waals surface area contributed by atoms with Crippen LogP contribution >= 0.6 is 11.8 Å². The second-order valence-corrected chi connectivity index (χ2v) is 6.88. The maximum absolute atomic E-state index is 12.9. The molecule has 0 saturated carbocycles. The van der Waals surface area contributed by atoms with Crippen molar-refractivity contribution in [1.82, 2.24) is 10.1 Å². The third-order valence-electron chi connectivity index (χ3n) is 3.80. The topological polar surface area (TPSA) is 46.3 Å². The van der Waals surface area contributed by atoms with Gasteiger partial charge in [0.2, 0.25) is 0 Å². The van der Waals surface area contributed by atoms with E-state index in [1.165, 1.54) is 0 Å². The molecule has 0 bridgehead atoms. The van der Waals surface area contributed by atoms with Gasteiger partial charge >= 0.3 is 0 Å². The Kier molecular flexibility index (Phi) is 6.26. The normalized spacial score (nSPS) is 10.7. The summed E-state index contributed by atoms with van der Waals surface area (Å²) >= 11 is 1.64. The first-order valence-corrected chi connectivity index (χ1v) is 8.99. The van der Waals surface area contributed by atoms with Crippen molar-refractivity contribution in [1.29, 1.82) is 0 Å². The first-order chi connectivity index (χ1) is 11.4. The average Bonchev–Trinajstić information content (AvgIpc) is 2.88. The van der Waals surface area contributed by atoms with Gasteiger partial charge in [-0.1, -0.05) is 29.4 Å². The Balaban J connectivity index is 2.20. The molecule has 0 aliphatic heterocycles. The summed E-state index contributed by atoms with van der Waals surface area (Å²) < 4.78 is 5.21. The average molecular weight is 344 g/mol. The van der Waals surface area contributed by atoms with Crippen LogP contribution < -0.4 is 0 Å². The summed E-state index contributed by atoms with van der Waals surface area (Å²) in [5.41, 5.74) is 3.71. The SMILES string of the molecule is C=C(C)CN(CC)C(=O)c1ccccc1SCc1c(C)noc1C.